The van der Waals surface area contributed by atoms with E-state index in [1.165, 1.54) is 16.7 Å². The smallest absolute Gasteiger partial charge is 0.275 e. The second-order valence-electron chi connectivity index (χ2n) is 7.54. The van der Waals surface area contributed by atoms with Gasteiger partial charge >= 0.3 is 0 Å². The topological polar surface area (TPSA) is 46.9 Å². The average Bonchev–Trinajstić information content (AvgIpc) is 3.08. The summed E-state index contributed by atoms with van der Waals surface area (Å²) < 4.78 is 2.15. The van der Waals surface area contributed by atoms with E-state index in [0.29, 0.717) is 11.6 Å². The van der Waals surface area contributed by atoms with Crippen LogP contribution in [0.3, 0.4) is 0 Å². The van der Waals surface area contributed by atoms with Crippen molar-refractivity contribution < 1.29 is 4.79 Å². The van der Waals surface area contributed by atoms with Gasteiger partial charge < -0.3 is 9.88 Å². The highest BCUT2D eigenvalue weighted by molar-refractivity contribution is 6.02. The minimum absolute atomic E-state index is 0.146. The number of hydrogen-bond acceptors (Lipinski definition) is 2. The number of imidazole rings is 1. The first-order valence-electron chi connectivity index (χ1n) is 9.51. The first-order valence-corrected chi connectivity index (χ1v) is 9.51. The van der Waals surface area contributed by atoms with Gasteiger partial charge in [0.1, 0.15) is 11.5 Å². The highest BCUT2D eigenvalue weighted by Gasteiger charge is 2.24. The summed E-state index contributed by atoms with van der Waals surface area (Å²) in [6, 6.07) is 14.5. The molecule has 1 aromatic heterocycles. The van der Waals surface area contributed by atoms with Crippen LogP contribution in [0.25, 0.3) is 0 Å². The van der Waals surface area contributed by atoms with Crippen molar-refractivity contribution >= 4 is 11.6 Å². The summed E-state index contributed by atoms with van der Waals surface area (Å²) in [5.41, 5.74) is 6.42. The predicted molar refractivity (Wildman–Crippen MR) is 108 cm³/mol. The molecule has 27 heavy (non-hydrogen) atoms. The molecule has 0 spiro atoms. The van der Waals surface area contributed by atoms with E-state index in [1.807, 2.05) is 31.3 Å². The van der Waals surface area contributed by atoms with Crippen molar-refractivity contribution in [3.63, 3.8) is 0 Å². The lowest BCUT2D eigenvalue weighted by Gasteiger charge is -2.25. The number of aromatic nitrogens is 2. The third kappa shape index (κ3) is 3.52. The van der Waals surface area contributed by atoms with Crippen molar-refractivity contribution in [1.82, 2.24) is 9.55 Å². The molecule has 1 aliphatic heterocycles. The van der Waals surface area contributed by atoms with Gasteiger partial charge in [-0.3, -0.25) is 4.79 Å². The van der Waals surface area contributed by atoms with Crippen LogP contribution < -0.4 is 5.32 Å². The Morgan fingerprint density at radius 1 is 1.07 bits per heavy atom. The van der Waals surface area contributed by atoms with Crippen LogP contribution in [0.2, 0.25) is 0 Å². The van der Waals surface area contributed by atoms with Gasteiger partial charge in [0.05, 0.1) is 0 Å². The number of fused-ring (bicyclic) bond motifs is 1. The first kappa shape index (κ1) is 17.5. The second kappa shape index (κ2) is 7.03. The Morgan fingerprint density at radius 2 is 1.89 bits per heavy atom. The Hall–Kier alpha value is -2.88. The zero-order valence-electron chi connectivity index (χ0n) is 16.1. The lowest BCUT2D eigenvalue weighted by molar-refractivity contribution is 0.102. The summed E-state index contributed by atoms with van der Waals surface area (Å²) in [5, 5.41) is 2.97. The van der Waals surface area contributed by atoms with Crippen LogP contribution in [0, 0.1) is 20.8 Å². The molecule has 1 aliphatic rings. The number of amides is 1. The molecule has 4 nitrogen and oxygen atoms in total. The number of benzene rings is 2. The number of carbonyl (C=O) groups excluding carboxylic acids is 1. The van der Waals surface area contributed by atoms with E-state index in [2.05, 4.69) is 53.0 Å². The summed E-state index contributed by atoms with van der Waals surface area (Å²) >= 11 is 0. The van der Waals surface area contributed by atoms with E-state index in [4.69, 9.17) is 0 Å². The molecule has 138 valence electrons. The molecule has 0 radical (unpaired) electrons. The Kier molecular flexibility index (Phi) is 4.56. The Bertz CT molecular complexity index is 1000. The van der Waals surface area contributed by atoms with E-state index >= 15 is 0 Å². The Labute approximate surface area is 160 Å². The molecule has 0 fully saturated rings. The molecular formula is C23H25N3O. The quantitative estimate of drug-likeness (QED) is 0.731. The van der Waals surface area contributed by atoms with Crippen molar-refractivity contribution in [2.75, 3.05) is 5.32 Å². The minimum Gasteiger partial charge on any atom is -0.333 e. The fraction of sp³-hybridized carbons (Fsp3) is 0.304. The molecule has 0 aliphatic carbocycles. The lowest BCUT2D eigenvalue weighted by Crippen LogP contribution is -2.19. The number of anilines is 1. The fourth-order valence-corrected chi connectivity index (χ4v) is 3.87. The third-order valence-corrected chi connectivity index (χ3v) is 5.62. The Balaban J connectivity index is 1.52. The molecule has 3 aromatic rings. The van der Waals surface area contributed by atoms with Crippen molar-refractivity contribution in [1.29, 1.82) is 0 Å². The first-order chi connectivity index (χ1) is 13.0. The van der Waals surface area contributed by atoms with Gasteiger partial charge in [-0.25, -0.2) is 4.98 Å². The normalized spacial score (nSPS) is 16.0. The molecule has 1 N–H and O–H groups in total. The van der Waals surface area contributed by atoms with Gasteiger partial charge in [-0.05, 0) is 61.6 Å². The van der Waals surface area contributed by atoms with E-state index in [0.717, 1.165) is 36.5 Å². The molecule has 0 saturated carbocycles. The van der Waals surface area contributed by atoms with Crippen LogP contribution in [0.4, 0.5) is 5.69 Å². The molecule has 2 aromatic carbocycles. The number of nitrogens with one attached hydrogen (secondary N) is 1. The van der Waals surface area contributed by atoms with Crippen LogP contribution >= 0.6 is 0 Å². The maximum absolute atomic E-state index is 12.6. The molecular weight excluding hydrogens is 334 g/mol. The van der Waals surface area contributed by atoms with E-state index in [9.17, 15) is 4.79 Å². The van der Waals surface area contributed by atoms with Gasteiger partial charge in [-0.1, -0.05) is 30.3 Å². The van der Waals surface area contributed by atoms with Crippen molar-refractivity contribution in [3.8, 4) is 0 Å². The molecule has 1 amide bonds. The summed E-state index contributed by atoms with van der Waals surface area (Å²) in [6.07, 6.45) is 3.87. The molecule has 0 unspecified atom stereocenters. The molecule has 0 bridgehead atoms. The fourth-order valence-electron chi connectivity index (χ4n) is 3.87. The van der Waals surface area contributed by atoms with E-state index < -0.39 is 0 Å². The number of carbonyl (C=O) groups is 1. The second-order valence-corrected chi connectivity index (χ2v) is 7.54. The van der Waals surface area contributed by atoms with Gasteiger partial charge in [0.2, 0.25) is 0 Å². The standard InChI is InChI=1S/C23H25N3O/c1-15-8-10-19(12-17(15)3)24-23(27)21-14-26-13-18(9-11-22(26)25-21)20-7-5-4-6-16(20)2/h4-8,10,12,14,18H,9,11,13H2,1-3H3,(H,24,27)/t18-/m0/s1. The summed E-state index contributed by atoms with van der Waals surface area (Å²) in [5.74, 6) is 1.33. The van der Waals surface area contributed by atoms with Gasteiger partial charge in [0.15, 0.2) is 0 Å². The molecule has 1 atom stereocenters. The Morgan fingerprint density at radius 3 is 2.67 bits per heavy atom. The van der Waals surface area contributed by atoms with Crippen molar-refractivity contribution in [2.45, 2.75) is 46.1 Å². The zero-order valence-corrected chi connectivity index (χ0v) is 16.1. The average molecular weight is 359 g/mol. The third-order valence-electron chi connectivity index (χ3n) is 5.62. The number of hydrogen-bond donors (Lipinski definition) is 1. The van der Waals surface area contributed by atoms with Gasteiger partial charge in [0.25, 0.3) is 5.91 Å². The van der Waals surface area contributed by atoms with Crippen molar-refractivity contribution in [3.05, 3.63) is 82.4 Å². The summed E-state index contributed by atoms with van der Waals surface area (Å²) in [7, 11) is 0. The lowest BCUT2D eigenvalue weighted by atomic mass is 9.89. The summed E-state index contributed by atoms with van der Waals surface area (Å²) in [6.45, 7) is 7.16. The number of aryl methyl sites for hydroxylation is 4. The molecule has 4 rings (SSSR count). The highest BCUT2D eigenvalue weighted by atomic mass is 16.1. The maximum Gasteiger partial charge on any atom is 0.275 e. The van der Waals surface area contributed by atoms with Crippen LogP contribution in [-0.2, 0) is 13.0 Å². The van der Waals surface area contributed by atoms with Gasteiger partial charge in [-0.15, -0.1) is 0 Å². The maximum atomic E-state index is 12.6. The van der Waals surface area contributed by atoms with Crippen LogP contribution in [0.1, 0.15) is 50.9 Å². The van der Waals surface area contributed by atoms with E-state index in [-0.39, 0.29) is 5.91 Å². The van der Waals surface area contributed by atoms with Gasteiger partial charge in [0, 0.05) is 30.8 Å². The molecule has 0 saturated heterocycles. The number of nitrogens with zero attached hydrogens (tertiary/aromatic N) is 2. The predicted octanol–water partition coefficient (Wildman–Crippen LogP) is 4.79. The highest BCUT2D eigenvalue weighted by Crippen LogP contribution is 2.30. The van der Waals surface area contributed by atoms with Crippen LogP contribution in [0.15, 0.2) is 48.7 Å². The minimum atomic E-state index is -0.146. The van der Waals surface area contributed by atoms with Gasteiger partial charge in [-0.2, -0.15) is 0 Å². The van der Waals surface area contributed by atoms with E-state index in [1.54, 1.807) is 0 Å². The largest absolute Gasteiger partial charge is 0.333 e. The van der Waals surface area contributed by atoms with Crippen LogP contribution in [-0.4, -0.2) is 15.5 Å². The number of rotatable bonds is 3. The SMILES string of the molecule is Cc1ccc(NC(=O)c2cn3c(n2)CC[C@H](c2ccccc2C)C3)cc1C. The molecule has 4 heteroatoms. The molecule has 2 heterocycles. The van der Waals surface area contributed by atoms with Crippen LogP contribution in [0.5, 0.6) is 0 Å². The monoisotopic (exact) mass is 359 g/mol. The summed E-state index contributed by atoms with van der Waals surface area (Å²) in [4.78, 5) is 17.2. The zero-order chi connectivity index (χ0) is 19.0. The van der Waals surface area contributed by atoms with Crippen molar-refractivity contribution in [2.24, 2.45) is 0 Å².